The predicted octanol–water partition coefficient (Wildman–Crippen LogP) is 4.39. The molecule has 0 aromatic heterocycles. The minimum Gasteiger partial charge on any atom is -0.444 e. The minimum absolute atomic E-state index is 0.187. The molecule has 1 amide bonds. The van der Waals surface area contributed by atoms with E-state index < -0.39 is 5.60 Å². The van der Waals surface area contributed by atoms with E-state index in [0.717, 1.165) is 36.5 Å². The summed E-state index contributed by atoms with van der Waals surface area (Å²) in [5.41, 5.74) is 0.699. The van der Waals surface area contributed by atoms with Gasteiger partial charge in [0, 0.05) is 30.2 Å². The molecule has 1 aromatic carbocycles. The Bertz CT molecular complexity index is 542. The van der Waals surface area contributed by atoms with Crippen LogP contribution in [0.15, 0.2) is 24.3 Å². The lowest BCUT2D eigenvalue weighted by Gasteiger charge is -2.29. The summed E-state index contributed by atoms with van der Waals surface area (Å²) in [7, 11) is 0. The fourth-order valence-electron chi connectivity index (χ4n) is 2.82. The van der Waals surface area contributed by atoms with Gasteiger partial charge in [-0.3, -0.25) is 0 Å². The molecular weight excluding hydrogens is 312 g/mol. The number of amides is 1. The van der Waals surface area contributed by atoms with Gasteiger partial charge in [-0.2, -0.15) is 0 Å². The van der Waals surface area contributed by atoms with Gasteiger partial charge < -0.3 is 15.0 Å². The Labute approximate surface area is 144 Å². The SMILES string of the molecule is C[C@@H](NCC1CCCN1C(=O)OC(C)(C)C)c1cccc(Cl)c1. The Morgan fingerprint density at radius 1 is 1.48 bits per heavy atom. The standard InChI is InChI=1S/C18H27ClN2O2/c1-13(14-7-5-8-15(19)11-14)20-12-16-9-6-10-21(16)17(22)23-18(2,3)4/h5,7-8,11,13,16,20H,6,9-10,12H2,1-4H3/t13-,16?/m1/s1. The predicted molar refractivity (Wildman–Crippen MR) is 93.8 cm³/mol. The van der Waals surface area contributed by atoms with Crippen molar-refractivity contribution in [2.24, 2.45) is 0 Å². The van der Waals surface area contributed by atoms with Crippen LogP contribution in [-0.2, 0) is 4.74 Å². The van der Waals surface area contributed by atoms with E-state index in [2.05, 4.69) is 18.3 Å². The molecule has 1 N–H and O–H groups in total. The van der Waals surface area contributed by atoms with Crippen molar-refractivity contribution < 1.29 is 9.53 Å². The zero-order chi connectivity index (χ0) is 17.0. The van der Waals surface area contributed by atoms with Gasteiger partial charge in [0.15, 0.2) is 0 Å². The number of hydrogen-bond donors (Lipinski definition) is 1. The summed E-state index contributed by atoms with van der Waals surface area (Å²) in [5, 5.41) is 4.25. The molecule has 1 heterocycles. The molecule has 0 saturated carbocycles. The first-order valence-corrected chi connectivity index (χ1v) is 8.62. The topological polar surface area (TPSA) is 41.6 Å². The van der Waals surface area contributed by atoms with Crippen molar-refractivity contribution in [3.8, 4) is 0 Å². The van der Waals surface area contributed by atoms with Crippen molar-refractivity contribution >= 4 is 17.7 Å². The largest absolute Gasteiger partial charge is 0.444 e. The van der Waals surface area contributed by atoms with Crippen LogP contribution in [0.5, 0.6) is 0 Å². The first kappa shape index (κ1) is 18.1. The molecule has 23 heavy (non-hydrogen) atoms. The Hall–Kier alpha value is -1.26. The van der Waals surface area contributed by atoms with Crippen LogP contribution in [-0.4, -0.2) is 35.7 Å². The van der Waals surface area contributed by atoms with Gasteiger partial charge in [0.1, 0.15) is 5.60 Å². The maximum atomic E-state index is 12.3. The summed E-state index contributed by atoms with van der Waals surface area (Å²) < 4.78 is 5.50. The third-order valence-electron chi connectivity index (χ3n) is 4.01. The van der Waals surface area contributed by atoms with E-state index in [4.69, 9.17) is 16.3 Å². The number of rotatable bonds is 4. The second-order valence-corrected chi connectivity index (χ2v) is 7.59. The number of nitrogens with one attached hydrogen (secondary N) is 1. The Kier molecular flexibility index (Phi) is 5.93. The number of likely N-dealkylation sites (tertiary alicyclic amines) is 1. The van der Waals surface area contributed by atoms with Gasteiger partial charge in [-0.05, 0) is 58.2 Å². The second-order valence-electron chi connectivity index (χ2n) is 7.15. The van der Waals surface area contributed by atoms with Gasteiger partial charge in [0.05, 0.1) is 0 Å². The molecule has 2 atom stereocenters. The van der Waals surface area contributed by atoms with Gasteiger partial charge in [-0.15, -0.1) is 0 Å². The highest BCUT2D eigenvalue weighted by atomic mass is 35.5. The van der Waals surface area contributed by atoms with Crippen LogP contribution in [0.4, 0.5) is 4.79 Å². The quantitative estimate of drug-likeness (QED) is 0.885. The van der Waals surface area contributed by atoms with Crippen LogP contribution in [0.2, 0.25) is 5.02 Å². The highest BCUT2D eigenvalue weighted by molar-refractivity contribution is 6.30. The van der Waals surface area contributed by atoms with E-state index in [1.807, 2.05) is 43.9 Å². The maximum Gasteiger partial charge on any atom is 0.410 e. The summed E-state index contributed by atoms with van der Waals surface area (Å²) in [6, 6.07) is 8.24. The summed E-state index contributed by atoms with van der Waals surface area (Å²) in [6.07, 6.45) is 1.82. The van der Waals surface area contributed by atoms with Crippen molar-refractivity contribution in [3.63, 3.8) is 0 Å². The molecule has 0 radical (unpaired) electrons. The molecule has 128 valence electrons. The van der Waals surface area contributed by atoms with Crippen LogP contribution in [0, 0.1) is 0 Å². The highest BCUT2D eigenvalue weighted by Gasteiger charge is 2.32. The molecular formula is C18H27ClN2O2. The molecule has 4 nitrogen and oxygen atoms in total. The Balaban J connectivity index is 1.90. The highest BCUT2D eigenvalue weighted by Crippen LogP contribution is 2.22. The first-order valence-electron chi connectivity index (χ1n) is 8.25. The zero-order valence-electron chi connectivity index (χ0n) is 14.4. The maximum absolute atomic E-state index is 12.3. The molecule has 1 aromatic rings. The molecule has 2 rings (SSSR count). The number of nitrogens with zero attached hydrogens (tertiary/aromatic N) is 1. The third kappa shape index (κ3) is 5.40. The van der Waals surface area contributed by atoms with Gasteiger partial charge >= 0.3 is 6.09 Å². The number of benzene rings is 1. The number of halogens is 1. The molecule has 1 saturated heterocycles. The lowest BCUT2D eigenvalue weighted by Crippen LogP contribution is -2.44. The van der Waals surface area contributed by atoms with E-state index in [1.165, 1.54) is 0 Å². The minimum atomic E-state index is -0.453. The molecule has 1 unspecified atom stereocenters. The lowest BCUT2D eigenvalue weighted by atomic mass is 10.1. The van der Waals surface area contributed by atoms with Crippen molar-refractivity contribution in [2.75, 3.05) is 13.1 Å². The second kappa shape index (κ2) is 7.54. The fraction of sp³-hybridized carbons (Fsp3) is 0.611. The van der Waals surface area contributed by atoms with Crippen LogP contribution >= 0.6 is 11.6 Å². The van der Waals surface area contributed by atoms with E-state index in [-0.39, 0.29) is 18.2 Å². The van der Waals surface area contributed by atoms with E-state index in [1.54, 1.807) is 0 Å². The van der Waals surface area contributed by atoms with Gasteiger partial charge in [-0.1, -0.05) is 23.7 Å². The lowest BCUT2D eigenvalue weighted by molar-refractivity contribution is 0.0225. The van der Waals surface area contributed by atoms with Gasteiger partial charge in [0.25, 0.3) is 0 Å². The molecule has 0 aliphatic carbocycles. The van der Waals surface area contributed by atoms with Crippen LogP contribution in [0.25, 0.3) is 0 Å². The Morgan fingerprint density at radius 2 is 2.22 bits per heavy atom. The molecule has 1 aliphatic rings. The number of carbonyl (C=O) groups is 1. The van der Waals surface area contributed by atoms with E-state index in [0.29, 0.717) is 0 Å². The first-order chi connectivity index (χ1) is 10.8. The summed E-state index contributed by atoms with van der Waals surface area (Å²) >= 11 is 6.05. The Morgan fingerprint density at radius 3 is 2.87 bits per heavy atom. The van der Waals surface area contributed by atoms with Crippen LogP contribution in [0.3, 0.4) is 0 Å². The third-order valence-corrected chi connectivity index (χ3v) is 4.25. The fourth-order valence-corrected chi connectivity index (χ4v) is 3.01. The van der Waals surface area contributed by atoms with Crippen LogP contribution in [0.1, 0.15) is 52.1 Å². The number of carbonyl (C=O) groups excluding carboxylic acids is 1. The van der Waals surface area contributed by atoms with Crippen molar-refractivity contribution in [1.29, 1.82) is 0 Å². The van der Waals surface area contributed by atoms with Gasteiger partial charge in [0.2, 0.25) is 0 Å². The number of ether oxygens (including phenoxy) is 1. The van der Waals surface area contributed by atoms with E-state index in [9.17, 15) is 4.79 Å². The summed E-state index contributed by atoms with van der Waals surface area (Å²) in [4.78, 5) is 14.1. The average molecular weight is 339 g/mol. The normalized spacial score (nSPS) is 19.7. The van der Waals surface area contributed by atoms with Crippen molar-refractivity contribution in [2.45, 2.75) is 58.2 Å². The summed E-state index contributed by atoms with van der Waals surface area (Å²) in [6.45, 7) is 9.33. The monoisotopic (exact) mass is 338 g/mol. The molecule has 5 heteroatoms. The molecule has 0 bridgehead atoms. The molecule has 1 fully saturated rings. The molecule has 1 aliphatic heterocycles. The van der Waals surface area contributed by atoms with Crippen LogP contribution < -0.4 is 5.32 Å². The van der Waals surface area contributed by atoms with Gasteiger partial charge in [-0.25, -0.2) is 4.79 Å². The van der Waals surface area contributed by atoms with E-state index >= 15 is 0 Å². The smallest absolute Gasteiger partial charge is 0.410 e. The van der Waals surface area contributed by atoms with Crippen molar-refractivity contribution in [1.82, 2.24) is 10.2 Å². The molecule has 0 spiro atoms. The number of hydrogen-bond acceptors (Lipinski definition) is 3. The zero-order valence-corrected chi connectivity index (χ0v) is 15.2. The average Bonchev–Trinajstić information content (AvgIpc) is 2.91. The van der Waals surface area contributed by atoms with Crippen molar-refractivity contribution in [3.05, 3.63) is 34.9 Å². The summed E-state index contributed by atoms with van der Waals surface area (Å²) in [5.74, 6) is 0.